The number of hydrogen-bond donors (Lipinski definition) is 0. The summed E-state index contributed by atoms with van der Waals surface area (Å²) in [5, 5.41) is 0. The molecule has 0 aliphatic rings. The van der Waals surface area contributed by atoms with Gasteiger partial charge in [-0.05, 0) is 0 Å². The van der Waals surface area contributed by atoms with Gasteiger partial charge in [-0.2, -0.15) is 0 Å². The second-order valence-corrected chi connectivity index (χ2v) is 17.5. The van der Waals surface area contributed by atoms with Crippen LogP contribution in [0.3, 0.4) is 0 Å². The fraction of sp³-hybridized carbons (Fsp3) is 0.824. The predicted molar refractivity (Wildman–Crippen MR) is 90.4 cm³/mol. The van der Waals surface area contributed by atoms with E-state index >= 15 is 0 Å². The number of unbranched alkanes of at least 4 members (excludes halogenated alkanes) is 3. The first-order chi connectivity index (χ1) is 9.55. The van der Waals surface area contributed by atoms with Crippen LogP contribution in [0.2, 0.25) is 13.3 Å². The number of carbonyl (C=O) groups excluding carboxylic acids is 1. The minimum absolute atomic E-state index is 0.0355. The zero-order valence-electron chi connectivity index (χ0n) is 14.3. The molecule has 3 heteroatoms. The molecule has 0 amide bonds. The maximum absolute atomic E-state index is 12.2. The van der Waals surface area contributed by atoms with E-state index in [-0.39, 0.29) is 5.97 Å². The summed E-state index contributed by atoms with van der Waals surface area (Å²) in [6.45, 7) is 10.5. The van der Waals surface area contributed by atoms with Crippen molar-refractivity contribution in [3.63, 3.8) is 0 Å². The summed E-state index contributed by atoms with van der Waals surface area (Å²) in [5.41, 5.74) is 0.774. The van der Waals surface area contributed by atoms with Crippen LogP contribution in [0.25, 0.3) is 0 Å². The molecule has 0 radical (unpaired) electrons. The van der Waals surface area contributed by atoms with Gasteiger partial charge in [-0.1, -0.05) is 0 Å². The summed E-state index contributed by atoms with van der Waals surface area (Å²) in [6.07, 6.45) is 9.17. The fourth-order valence-corrected chi connectivity index (χ4v) is 15.6. The molecule has 0 N–H and O–H groups in total. The average molecular weight is 389 g/mol. The Labute approximate surface area is 130 Å². The SMILES string of the molecule is CC=C(C)C(=O)[O][Sn]([CH2]CCC)([CH2]CCC)[CH2]CCC. The molecule has 118 valence electrons. The van der Waals surface area contributed by atoms with Gasteiger partial charge < -0.3 is 0 Å². The van der Waals surface area contributed by atoms with Crippen LogP contribution in [-0.4, -0.2) is 24.8 Å². The molecule has 2 nitrogen and oxygen atoms in total. The molecule has 0 aromatic heterocycles. The van der Waals surface area contributed by atoms with Gasteiger partial charge in [0.2, 0.25) is 0 Å². The Balaban J connectivity index is 4.96. The quantitative estimate of drug-likeness (QED) is 0.328. The number of hydrogen-bond acceptors (Lipinski definition) is 2. The molecule has 0 saturated carbocycles. The Hall–Kier alpha value is 0.00870. The zero-order chi connectivity index (χ0) is 15.4. The van der Waals surface area contributed by atoms with E-state index in [1.807, 2.05) is 19.9 Å². The topological polar surface area (TPSA) is 26.3 Å². The summed E-state index contributed by atoms with van der Waals surface area (Å²) in [7, 11) is 0. The van der Waals surface area contributed by atoms with Crippen LogP contribution in [0, 0.1) is 0 Å². The molecule has 0 heterocycles. The molecule has 0 fully saturated rings. The van der Waals surface area contributed by atoms with Crippen molar-refractivity contribution in [1.82, 2.24) is 0 Å². The molecule has 0 bridgehead atoms. The van der Waals surface area contributed by atoms with E-state index in [9.17, 15) is 4.79 Å². The van der Waals surface area contributed by atoms with Crippen LogP contribution < -0.4 is 0 Å². The summed E-state index contributed by atoms with van der Waals surface area (Å²) in [5.74, 6) is -0.0355. The van der Waals surface area contributed by atoms with Gasteiger partial charge in [-0.3, -0.25) is 0 Å². The van der Waals surface area contributed by atoms with E-state index in [0.717, 1.165) is 5.57 Å². The van der Waals surface area contributed by atoms with Crippen molar-refractivity contribution in [3.8, 4) is 0 Å². The van der Waals surface area contributed by atoms with Crippen LogP contribution in [0.5, 0.6) is 0 Å². The summed E-state index contributed by atoms with van der Waals surface area (Å²) < 4.78 is 9.85. The van der Waals surface area contributed by atoms with Crippen LogP contribution >= 0.6 is 0 Å². The van der Waals surface area contributed by atoms with E-state index in [0.29, 0.717) is 0 Å². The average Bonchev–Trinajstić information content (AvgIpc) is 2.47. The van der Waals surface area contributed by atoms with E-state index < -0.39 is 18.8 Å². The Bertz CT molecular complexity index is 276. The standard InChI is InChI=1S/C5H8O2.3C4H9.Sn/c1-3-4(2)5(6)7;3*1-3-4-2;/h3H,1-2H3,(H,6,7);3*1,3-4H2,2H3;/q;;;;+1/p-1. The Kier molecular flexibility index (Phi) is 11.6. The normalized spacial score (nSPS) is 12.6. The van der Waals surface area contributed by atoms with Crippen molar-refractivity contribution in [2.45, 2.75) is 86.5 Å². The van der Waals surface area contributed by atoms with E-state index in [1.54, 1.807) is 0 Å². The second kappa shape index (κ2) is 11.6. The van der Waals surface area contributed by atoms with Gasteiger partial charge in [0.15, 0.2) is 0 Å². The molecule has 0 aromatic carbocycles. The molecule has 0 aliphatic carbocycles. The molecule has 0 spiro atoms. The first-order valence-electron chi connectivity index (χ1n) is 8.41. The molecular formula is C17H34O2Sn. The van der Waals surface area contributed by atoms with E-state index in [1.165, 1.54) is 51.8 Å². The molecule has 0 rings (SSSR count). The maximum atomic E-state index is 12.2. The van der Waals surface area contributed by atoms with Crippen LogP contribution in [0.15, 0.2) is 11.6 Å². The number of carbonyl (C=O) groups is 1. The molecule has 0 saturated heterocycles. The third kappa shape index (κ3) is 7.70. The van der Waals surface area contributed by atoms with Crippen molar-refractivity contribution in [2.75, 3.05) is 0 Å². The third-order valence-electron chi connectivity index (χ3n) is 4.02. The van der Waals surface area contributed by atoms with Gasteiger partial charge in [0.1, 0.15) is 0 Å². The number of rotatable bonds is 11. The van der Waals surface area contributed by atoms with Crippen molar-refractivity contribution in [3.05, 3.63) is 11.6 Å². The molecule has 20 heavy (non-hydrogen) atoms. The van der Waals surface area contributed by atoms with Gasteiger partial charge >= 0.3 is 131 Å². The fourth-order valence-electron chi connectivity index (χ4n) is 2.42. The monoisotopic (exact) mass is 390 g/mol. The van der Waals surface area contributed by atoms with Gasteiger partial charge in [-0.25, -0.2) is 0 Å². The van der Waals surface area contributed by atoms with Gasteiger partial charge in [0, 0.05) is 0 Å². The predicted octanol–water partition coefficient (Wildman–Crippen LogP) is 5.84. The first kappa shape index (κ1) is 20.0. The molecule has 0 aromatic rings. The summed E-state index contributed by atoms with van der Waals surface area (Å²) in [4.78, 5) is 12.2. The van der Waals surface area contributed by atoms with E-state index in [2.05, 4.69) is 20.8 Å². The minimum atomic E-state index is -2.74. The molecule has 0 atom stereocenters. The van der Waals surface area contributed by atoms with Gasteiger partial charge in [-0.15, -0.1) is 0 Å². The van der Waals surface area contributed by atoms with Gasteiger partial charge in [0.05, 0.1) is 0 Å². The van der Waals surface area contributed by atoms with Crippen molar-refractivity contribution in [2.24, 2.45) is 0 Å². The summed E-state index contributed by atoms with van der Waals surface area (Å²) in [6, 6.07) is 0. The van der Waals surface area contributed by atoms with Crippen LogP contribution in [0.4, 0.5) is 0 Å². The Morgan fingerprint density at radius 3 is 1.65 bits per heavy atom. The Morgan fingerprint density at radius 1 is 0.950 bits per heavy atom. The second-order valence-electron chi connectivity index (χ2n) is 5.85. The van der Waals surface area contributed by atoms with Crippen molar-refractivity contribution >= 4 is 24.8 Å². The molecular weight excluding hydrogens is 355 g/mol. The Morgan fingerprint density at radius 2 is 1.35 bits per heavy atom. The first-order valence-corrected chi connectivity index (χ1v) is 15.6. The zero-order valence-corrected chi connectivity index (χ0v) is 17.1. The van der Waals surface area contributed by atoms with Gasteiger partial charge in [0.25, 0.3) is 0 Å². The van der Waals surface area contributed by atoms with Crippen LogP contribution in [0.1, 0.15) is 73.1 Å². The molecule has 0 aliphatic heterocycles. The van der Waals surface area contributed by atoms with Crippen LogP contribution in [-0.2, 0) is 7.87 Å². The summed E-state index contributed by atoms with van der Waals surface area (Å²) >= 11 is -2.74. The van der Waals surface area contributed by atoms with E-state index in [4.69, 9.17) is 3.07 Å². The third-order valence-corrected chi connectivity index (χ3v) is 16.6. The van der Waals surface area contributed by atoms with Crippen molar-refractivity contribution in [1.29, 1.82) is 0 Å². The van der Waals surface area contributed by atoms with Crippen molar-refractivity contribution < 1.29 is 7.87 Å². The number of allylic oxidation sites excluding steroid dienone is 1. The molecule has 0 unspecified atom stereocenters.